The van der Waals surface area contributed by atoms with E-state index in [1.165, 1.54) is 0 Å². The molecule has 0 radical (unpaired) electrons. The Hall–Kier alpha value is -2.31. The molecule has 0 fully saturated rings. The molecule has 0 atom stereocenters. The van der Waals surface area contributed by atoms with Gasteiger partial charge in [-0.25, -0.2) is 5.84 Å². The van der Waals surface area contributed by atoms with Crippen molar-refractivity contribution in [2.45, 2.75) is 0 Å². The molecular formula is C13H11N3. The molecule has 0 saturated heterocycles. The predicted octanol–water partition coefficient (Wildman–Crippen LogP) is 2.57. The number of hydrogen-bond donors (Lipinski definition) is 1. The largest absolute Gasteiger partial charge is 0.280 e. The number of nitrogens with two attached hydrogens (primary N) is 1. The minimum absolute atomic E-state index is 0.601. The fourth-order valence-electron chi connectivity index (χ4n) is 1.46. The normalized spacial score (nSPS) is 9.50. The molecule has 0 amide bonds. The molecule has 2 N–H and O–H groups in total. The lowest BCUT2D eigenvalue weighted by Gasteiger charge is -2.18. The molecule has 0 aliphatic heterocycles. The fourth-order valence-corrected chi connectivity index (χ4v) is 1.46. The van der Waals surface area contributed by atoms with Gasteiger partial charge in [0.05, 0.1) is 23.0 Å². The molecular weight excluding hydrogens is 198 g/mol. The smallest absolute Gasteiger partial charge is 0.0992 e. The summed E-state index contributed by atoms with van der Waals surface area (Å²) in [5.74, 6) is 5.96. The summed E-state index contributed by atoms with van der Waals surface area (Å²) >= 11 is 0. The summed E-state index contributed by atoms with van der Waals surface area (Å²) in [5, 5.41) is 10.4. The molecule has 0 bridgehead atoms. The quantitative estimate of drug-likeness (QED) is 0.611. The number of nitriles is 1. The lowest BCUT2D eigenvalue weighted by atomic mass is 10.2. The Morgan fingerprint density at radius 3 is 2.31 bits per heavy atom. The van der Waals surface area contributed by atoms with Gasteiger partial charge >= 0.3 is 0 Å². The molecule has 2 aromatic carbocycles. The first-order valence-corrected chi connectivity index (χ1v) is 4.91. The first-order valence-electron chi connectivity index (χ1n) is 4.91. The summed E-state index contributed by atoms with van der Waals surface area (Å²) in [7, 11) is 0. The second-order valence-corrected chi connectivity index (χ2v) is 3.37. The minimum atomic E-state index is 0.601. The Morgan fingerprint density at radius 1 is 0.938 bits per heavy atom. The standard InChI is InChI=1S/C13H11N3/c14-10-11-5-4-8-13(9-11)16(15)12-6-2-1-3-7-12/h1-9H,15H2. The Morgan fingerprint density at radius 2 is 1.62 bits per heavy atom. The van der Waals surface area contributed by atoms with Crippen LogP contribution in [-0.4, -0.2) is 0 Å². The summed E-state index contributed by atoms with van der Waals surface area (Å²) in [6.45, 7) is 0. The van der Waals surface area contributed by atoms with Gasteiger partial charge in [-0.2, -0.15) is 5.26 Å². The highest BCUT2D eigenvalue weighted by Gasteiger charge is 2.04. The van der Waals surface area contributed by atoms with Gasteiger partial charge in [0.15, 0.2) is 0 Å². The zero-order valence-electron chi connectivity index (χ0n) is 8.67. The summed E-state index contributed by atoms with van der Waals surface area (Å²) in [5.41, 5.74) is 2.28. The third-order valence-electron chi connectivity index (χ3n) is 2.29. The van der Waals surface area contributed by atoms with Gasteiger partial charge in [0.25, 0.3) is 0 Å². The van der Waals surface area contributed by atoms with Gasteiger partial charge in [-0.05, 0) is 30.3 Å². The fraction of sp³-hybridized carbons (Fsp3) is 0. The van der Waals surface area contributed by atoms with E-state index < -0.39 is 0 Å². The molecule has 78 valence electrons. The van der Waals surface area contributed by atoms with Crippen molar-refractivity contribution in [3.8, 4) is 6.07 Å². The highest BCUT2D eigenvalue weighted by molar-refractivity contribution is 5.62. The van der Waals surface area contributed by atoms with Crippen LogP contribution >= 0.6 is 0 Å². The molecule has 2 rings (SSSR count). The monoisotopic (exact) mass is 209 g/mol. The molecule has 0 aliphatic carbocycles. The topological polar surface area (TPSA) is 53.0 Å². The number of nitrogens with zero attached hydrogens (tertiary/aromatic N) is 2. The van der Waals surface area contributed by atoms with Crippen LogP contribution in [0.15, 0.2) is 54.6 Å². The maximum absolute atomic E-state index is 8.81. The molecule has 0 unspecified atom stereocenters. The Kier molecular flexibility index (Phi) is 2.86. The predicted molar refractivity (Wildman–Crippen MR) is 63.9 cm³/mol. The van der Waals surface area contributed by atoms with Crippen molar-refractivity contribution in [3.63, 3.8) is 0 Å². The molecule has 0 heterocycles. The average Bonchev–Trinajstić information content (AvgIpc) is 2.39. The van der Waals surface area contributed by atoms with Crippen LogP contribution in [0.5, 0.6) is 0 Å². The second kappa shape index (κ2) is 4.47. The van der Waals surface area contributed by atoms with E-state index in [0.29, 0.717) is 5.56 Å². The second-order valence-electron chi connectivity index (χ2n) is 3.37. The number of hydrogen-bond acceptors (Lipinski definition) is 3. The Labute approximate surface area is 94.3 Å². The lowest BCUT2D eigenvalue weighted by Crippen LogP contribution is -2.24. The van der Waals surface area contributed by atoms with Crippen molar-refractivity contribution in [3.05, 3.63) is 60.2 Å². The van der Waals surface area contributed by atoms with Crippen molar-refractivity contribution >= 4 is 11.4 Å². The van der Waals surface area contributed by atoms with E-state index in [1.54, 1.807) is 17.1 Å². The first-order chi connectivity index (χ1) is 7.81. The minimum Gasteiger partial charge on any atom is -0.280 e. The van der Waals surface area contributed by atoms with Crippen LogP contribution in [0, 0.1) is 11.3 Å². The van der Waals surface area contributed by atoms with E-state index in [4.69, 9.17) is 11.1 Å². The van der Waals surface area contributed by atoms with E-state index in [9.17, 15) is 0 Å². The van der Waals surface area contributed by atoms with Crippen molar-refractivity contribution in [2.75, 3.05) is 5.01 Å². The van der Waals surface area contributed by atoms with Gasteiger partial charge in [0.1, 0.15) is 0 Å². The highest BCUT2D eigenvalue weighted by atomic mass is 15.4. The number of para-hydroxylation sites is 1. The average molecular weight is 209 g/mol. The maximum Gasteiger partial charge on any atom is 0.0992 e. The molecule has 0 aromatic heterocycles. The number of benzene rings is 2. The van der Waals surface area contributed by atoms with Gasteiger partial charge in [-0.15, -0.1) is 0 Å². The van der Waals surface area contributed by atoms with E-state index in [1.807, 2.05) is 42.5 Å². The molecule has 0 spiro atoms. The summed E-state index contributed by atoms with van der Waals surface area (Å²) < 4.78 is 0. The van der Waals surface area contributed by atoms with E-state index in [0.717, 1.165) is 11.4 Å². The van der Waals surface area contributed by atoms with Gasteiger partial charge in [0.2, 0.25) is 0 Å². The number of rotatable bonds is 2. The summed E-state index contributed by atoms with van der Waals surface area (Å²) in [4.78, 5) is 0. The molecule has 3 nitrogen and oxygen atoms in total. The van der Waals surface area contributed by atoms with Gasteiger partial charge in [0, 0.05) is 0 Å². The summed E-state index contributed by atoms with van der Waals surface area (Å²) in [6.07, 6.45) is 0. The highest BCUT2D eigenvalue weighted by Crippen LogP contribution is 2.21. The van der Waals surface area contributed by atoms with Crippen molar-refractivity contribution in [2.24, 2.45) is 5.84 Å². The van der Waals surface area contributed by atoms with E-state index >= 15 is 0 Å². The van der Waals surface area contributed by atoms with Crippen LogP contribution in [0.4, 0.5) is 11.4 Å². The third kappa shape index (κ3) is 2.02. The van der Waals surface area contributed by atoms with Gasteiger partial charge < -0.3 is 0 Å². The van der Waals surface area contributed by atoms with Crippen LogP contribution in [0.25, 0.3) is 0 Å². The number of anilines is 2. The maximum atomic E-state index is 8.81. The lowest BCUT2D eigenvalue weighted by molar-refractivity contribution is 1.09. The SMILES string of the molecule is N#Cc1cccc(N(N)c2ccccc2)c1. The number of hydrazine groups is 1. The van der Waals surface area contributed by atoms with Crippen LogP contribution < -0.4 is 10.9 Å². The van der Waals surface area contributed by atoms with E-state index in [2.05, 4.69) is 6.07 Å². The zero-order valence-corrected chi connectivity index (χ0v) is 8.67. The van der Waals surface area contributed by atoms with Crippen LogP contribution in [-0.2, 0) is 0 Å². The van der Waals surface area contributed by atoms with Crippen molar-refractivity contribution in [1.29, 1.82) is 5.26 Å². The molecule has 3 heteroatoms. The van der Waals surface area contributed by atoms with Crippen LogP contribution in [0.2, 0.25) is 0 Å². The molecule has 16 heavy (non-hydrogen) atoms. The zero-order chi connectivity index (χ0) is 11.4. The van der Waals surface area contributed by atoms with Gasteiger partial charge in [-0.3, -0.25) is 5.01 Å². The Balaban J connectivity index is 2.35. The Bertz CT molecular complexity index is 514. The van der Waals surface area contributed by atoms with Crippen LogP contribution in [0.1, 0.15) is 5.56 Å². The first kappa shape index (κ1) is 10.2. The summed E-state index contributed by atoms with van der Waals surface area (Å²) in [6, 6.07) is 18.9. The van der Waals surface area contributed by atoms with Gasteiger partial charge in [-0.1, -0.05) is 24.3 Å². The molecule has 0 saturated carbocycles. The molecule has 2 aromatic rings. The van der Waals surface area contributed by atoms with E-state index in [-0.39, 0.29) is 0 Å². The van der Waals surface area contributed by atoms with Crippen molar-refractivity contribution in [1.82, 2.24) is 0 Å². The van der Waals surface area contributed by atoms with Crippen molar-refractivity contribution < 1.29 is 0 Å². The molecule has 0 aliphatic rings. The van der Waals surface area contributed by atoms with Crippen LogP contribution in [0.3, 0.4) is 0 Å². The third-order valence-corrected chi connectivity index (χ3v) is 2.29.